The second-order valence-electron chi connectivity index (χ2n) is 6.37. The highest BCUT2D eigenvalue weighted by molar-refractivity contribution is 5.76. The lowest BCUT2D eigenvalue weighted by Gasteiger charge is -2.15. The summed E-state index contributed by atoms with van der Waals surface area (Å²) in [4.78, 5) is 21.4. The lowest BCUT2D eigenvalue weighted by Crippen LogP contribution is -2.18. The Morgan fingerprint density at radius 2 is 1.69 bits per heavy atom. The molecular formula is C22H19N3O. The first kappa shape index (κ1) is 16.2. The Bertz CT molecular complexity index is 1100. The number of benzene rings is 2. The van der Waals surface area contributed by atoms with Crippen molar-refractivity contribution in [1.29, 1.82) is 0 Å². The molecule has 0 saturated heterocycles. The van der Waals surface area contributed by atoms with Crippen molar-refractivity contribution in [3.8, 4) is 11.4 Å². The molecule has 26 heavy (non-hydrogen) atoms. The highest BCUT2D eigenvalue weighted by Crippen LogP contribution is 2.21. The summed E-state index contributed by atoms with van der Waals surface area (Å²) in [6, 6.07) is 21.9. The van der Waals surface area contributed by atoms with Crippen LogP contribution in [0.3, 0.4) is 0 Å². The summed E-state index contributed by atoms with van der Waals surface area (Å²) in [5.41, 5.74) is 3.78. The molecule has 0 amide bonds. The van der Waals surface area contributed by atoms with Gasteiger partial charge in [-0.3, -0.25) is 4.79 Å². The molecule has 4 rings (SSSR count). The molecular weight excluding hydrogens is 322 g/mol. The van der Waals surface area contributed by atoms with E-state index in [-0.39, 0.29) is 5.56 Å². The minimum Gasteiger partial charge on any atom is -0.309 e. The van der Waals surface area contributed by atoms with Crippen molar-refractivity contribution in [1.82, 2.24) is 14.5 Å². The maximum absolute atomic E-state index is 12.5. The van der Waals surface area contributed by atoms with Gasteiger partial charge in [0.05, 0.1) is 5.39 Å². The Labute approximate surface area is 151 Å². The Hall–Kier alpha value is -3.27. The first-order chi connectivity index (χ1) is 12.7. The van der Waals surface area contributed by atoms with E-state index < -0.39 is 0 Å². The summed E-state index contributed by atoms with van der Waals surface area (Å²) in [6.07, 6.45) is 2.57. The summed E-state index contributed by atoms with van der Waals surface area (Å²) in [5, 5.41) is 0.552. The van der Waals surface area contributed by atoms with Gasteiger partial charge in [0.2, 0.25) is 0 Å². The van der Waals surface area contributed by atoms with Gasteiger partial charge in [0, 0.05) is 18.3 Å². The van der Waals surface area contributed by atoms with E-state index in [9.17, 15) is 4.79 Å². The van der Waals surface area contributed by atoms with E-state index in [1.807, 2.05) is 49.4 Å². The summed E-state index contributed by atoms with van der Waals surface area (Å²) in [7, 11) is 0. The van der Waals surface area contributed by atoms with Gasteiger partial charge in [-0.05, 0) is 31.0 Å². The molecule has 4 heteroatoms. The van der Waals surface area contributed by atoms with Crippen molar-refractivity contribution in [2.24, 2.45) is 0 Å². The summed E-state index contributed by atoms with van der Waals surface area (Å²) < 4.78 is 2.05. The van der Waals surface area contributed by atoms with E-state index in [0.717, 1.165) is 12.0 Å². The number of pyridine rings is 1. The minimum absolute atomic E-state index is 0.236. The number of aromatic nitrogens is 3. The number of hydrogen-bond donors (Lipinski definition) is 0. The van der Waals surface area contributed by atoms with Crippen LogP contribution in [-0.4, -0.2) is 14.5 Å². The molecule has 2 aromatic carbocycles. The van der Waals surface area contributed by atoms with Gasteiger partial charge in [0.15, 0.2) is 0 Å². The molecule has 2 heterocycles. The zero-order chi connectivity index (χ0) is 17.9. The van der Waals surface area contributed by atoms with E-state index in [4.69, 9.17) is 0 Å². The average Bonchev–Trinajstić information content (AvgIpc) is 2.69. The van der Waals surface area contributed by atoms with Crippen LogP contribution in [0.4, 0.5) is 0 Å². The third-order valence-electron chi connectivity index (χ3n) is 4.51. The molecule has 0 atom stereocenters. The Morgan fingerprint density at radius 1 is 0.923 bits per heavy atom. The second-order valence-corrected chi connectivity index (χ2v) is 6.37. The van der Waals surface area contributed by atoms with Gasteiger partial charge in [0.25, 0.3) is 5.56 Å². The highest BCUT2D eigenvalue weighted by atomic mass is 16.1. The molecule has 4 aromatic rings. The van der Waals surface area contributed by atoms with E-state index in [2.05, 4.69) is 26.7 Å². The van der Waals surface area contributed by atoms with Crippen molar-refractivity contribution >= 4 is 11.0 Å². The third-order valence-corrected chi connectivity index (χ3v) is 4.51. The van der Waals surface area contributed by atoms with Crippen LogP contribution < -0.4 is 5.56 Å². The molecule has 0 N–H and O–H groups in total. The molecule has 128 valence electrons. The highest BCUT2D eigenvalue weighted by Gasteiger charge is 2.13. The second kappa shape index (κ2) is 6.92. The van der Waals surface area contributed by atoms with Crippen LogP contribution in [0.5, 0.6) is 0 Å². The van der Waals surface area contributed by atoms with E-state index in [1.165, 1.54) is 11.1 Å². The molecule has 0 aliphatic carbocycles. The van der Waals surface area contributed by atoms with Crippen molar-refractivity contribution in [3.63, 3.8) is 0 Å². The molecule has 0 aliphatic heterocycles. The molecule has 0 saturated carbocycles. The predicted octanol–water partition coefficient (Wildman–Crippen LogP) is 4.01. The molecule has 0 aliphatic rings. The molecule has 2 aromatic heterocycles. The largest absolute Gasteiger partial charge is 0.309 e. The first-order valence-corrected chi connectivity index (χ1v) is 8.69. The SMILES string of the molecule is Cc1ccc(-c2nc(=O)c3cccnc3n2CCc2ccccc2)cc1. The van der Waals surface area contributed by atoms with Crippen LogP contribution in [0.2, 0.25) is 0 Å². The quantitative estimate of drug-likeness (QED) is 0.563. The Balaban J connectivity index is 1.86. The monoisotopic (exact) mass is 341 g/mol. The van der Waals surface area contributed by atoms with Crippen LogP contribution in [0.15, 0.2) is 77.7 Å². The number of aryl methyl sites for hydroxylation is 3. The zero-order valence-corrected chi connectivity index (χ0v) is 14.6. The molecule has 0 radical (unpaired) electrons. The molecule has 0 spiro atoms. The van der Waals surface area contributed by atoms with Gasteiger partial charge in [-0.25, -0.2) is 4.98 Å². The van der Waals surface area contributed by atoms with E-state index >= 15 is 0 Å². The first-order valence-electron chi connectivity index (χ1n) is 8.69. The predicted molar refractivity (Wildman–Crippen MR) is 104 cm³/mol. The van der Waals surface area contributed by atoms with Crippen molar-refractivity contribution < 1.29 is 0 Å². The van der Waals surface area contributed by atoms with Gasteiger partial charge in [0.1, 0.15) is 11.5 Å². The zero-order valence-electron chi connectivity index (χ0n) is 14.6. The van der Waals surface area contributed by atoms with Crippen molar-refractivity contribution in [2.75, 3.05) is 0 Å². The molecule has 0 fully saturated rings. The lowest BCUT2D eigenvalue weighted by molar-refractivity contribution is 0.702. The van der Waals surface area contributed by atoms with Gasteiger partial charge >= 0.3 is 0 Å². The topological polar surface area (TPSA) is 47.8 Å². The molecule has 0 unspecified atom stereocenters. The summed E-state index contributed by atoms with van der Waals surface area (Å²) in [6.45, 7) is 2.75. The van der Waals surface area contributed by atoms with Crippen LogP contribution >= 0.6 is 0 Å². The maximum atomic E-state index is 12.5. The fourth-order valence-electron chi connectivity index (χ4n) is 3.12. The number of nitrogens with zero attached hydrogens (tertiary/aromatic N) is 3. The van der Waals surface area contributed by atoms with Crippen molar-refractivity contribution in [2.45, 2.75) is 19.9 Å². The summed E-state index contributed by atoms with van der Waals surface area (Å²) >= 11 is 0. The Morgan fingerprint density at radius 3 is 2.46 bits per heavy atom. The molecule has 0 bridgehead atoms. The van der Waals surface area contributed by atoms with Crippen LogP contribution in [0, 0.1) is 6.92 Å². The van der Waals surface area contributed by atoms with E-state index in [0.29, 0.717) is 23.4 Å². The molecule has 4 nitrogen and oxygen atoms in total. The lowest BCUT2D eigenvalue weighted by atomic mass is 10.1. The number of hydrogen-bond acceptors (Lipinski definition) is 3. The van der Waals surface area contributed by atoms with E-state index in [1.54, 1.807) is 18.3 Å². The fraction of sp³-hybridized carbons (Fsp3) is 0.136. The smallest absolute Gasteiger partial charge is 0.282 e. The normalized spacial score (nSPS) is 11.0. The van der Waals surface area contributed by atoms with Gasteiger partial charge in [-0.2, -0.15) is 4.98 Å². The van der Waals surface area contributed by atoms with Gasteiger partial charge in [-0.1, -0.05) is 60.2 Å². The Kier molecular flexibility index (Phi) is 4.32. The van der Waals surface area contributed by atoms with Crippen LogP contribution in [0.1, 0.15) is 11.1 Å². The maximum Gasteiger partial charge on any atom is 0.282 e. The minimum atomic E-state index is -0.236. The van der Waals surface area contributed by atoms with Crippen LogP contribution in [-0.2, 0) is 13.0 Å². The van der Waals surface area contributed by atoms with Crippen molar-refractivity contribution in [3.05, 3.63) is 94.4 Å². The number of fused-ring (bicyclic) bond motifs is 1. The number of rotatable bonds is 4. The summed E-state index contributed by atoms with van der Waals surface area (Å²) in [5.74, 6) is 0.664. The van der Waals surface area contributed by atoms with Crippen LogP contribution in [0.25, 0.3) is 22.4 Å². The van der Waals surface area contributed by atoms with Gasteiger partial charge in [-0.15, -0.1) is 0 Å². The van der Waals surface area contributed by atoms with Gasteiger partial charge < -0.3 is 4.57 Å². The fourth-order valence-corrected chi connectivity index (χ4v) is 3.12. The average molecular weight is 341 g/mol. The standard InChI is InChI=1S/C22H19N3O/c1-16-9-11-18(12-10-16)20-24-22(26)19-8-5-14-23-21(19)25(20)15-13-17-6-3-2-4-7-17/h2-12,14H,13,15H2,1H3. The third kappa shape index (κ3) is 3.14.